The van der Waals surface area contributed by atoms with E-state index < -0.39 is 0 Å². The molecule has 0 spiro atoms. The van der Waals surface area contributed by atoms with Crippen LogP contribution in [-0.4, -0.2) is 25.5 Å². The van der Waals surface area contributed by atoms with Crippen LogP contribution in [0, 0.1) is 13.8 Å². The predicted octanol–water partition coefficient (Wildman–Crippen LogP) is 3.93. The quantitative estimate of drug-likeness (QED) is 0.557. The van der Waals surface area contributed by atoms with Gasteiger partial charge in [-0.2, -0.15) is 10.2 Å². The van der Waals surface area contributed by atoms with Crippen LogP contribution in [-0.2, 0) is 17.9 Å². The molecule has 0 unspecified atom stereocenters. The van der Waals surface area contributed by atoms with Crippen molar-refractivity contribution in [2.45, 2.75) is 33.4 Å². The van der Waals surface area contributed by atoms with Crippen LogP contribution in [0.25, 0.3) is 10.9 Å². The van der Waals surface area contributed by atoms with Gasteiger partial charge in [0.1, 0.15) is 0 Å². The first kappa shape index (κ1) is 18.0. The van der Waals surface area contributed by atoms with Gasteiger partial charge in [-0.25, -0.2) is 0 Å². The molecule has 6 nitrogen and oxygen atoms in total. The van der Waals surface area contributed by atoms with Gasteiger partial charge in [0.2, 0.25) is 5.91 Å². The molecule has 2 heterocycles. The van der Waals surface area contributed by atoms with Crippen molar-refractivity contribution in [3.8, 4) is 0 Å². The Morgan fingerprint density at radius 3 is 2.68 bits per heavy atom. The number of amides is 1. The second-order valence-electron chi connectivity index (χ2n) is 7.03. The fourth-order valence-corrected chi connectivity index (χ4v) is 3.41. The van der Waals surface area contributed by atoms with Gasteiger partial charge in [0, 0.05) is 18.0 Å². The maximum atomic E-state index is 12.4. The minimum Gasteiger partial charge on any atom is -0.323 e. The van der Waals surface area contributed by atoms with Crippen LogP contribution in [0.1, 0.15) is 23.1 Å². The molecule has 0 bridgehead atoms. The maximum Gasteiger partial charge on any atom is 0.226 e. The van der Waals surface area contributed by atoms with E-state index in [2.05, 4.69) is 47.6 Å². The van der Waals surface area contributed by atoms with Crippen LogP contribution in [0.15, 0.2) is 61.1 Å². The number of aryl methyl sites for hydroxylation is 3. The van der Waals surface area contributed by atoms with Gasteiger partial charge >= 0.3 is 0 Å². The van der Waals surface area contributed by atoms with E-state index in [0.29, 0.717) is 25.2 Å². The lowest BCUT2D eigenvalue weighted by Crippen LogP contribution is -2.15. The van der Waals surface area contributed by atoms with Crippen molar-refractivity contribution >= 4 is 22.5 Å². The van der Waals surface area contributed by atoms with E-state index >= 15 is 0 Å². The highest BCUT2D eigenvalue weighted by Crippen LogP contribution is 2.18. The Morgan fingerprint density at radius 2 is 1.82 bits per heavy atom. The summed E-state index contributed by atoms with van der Waals surface area (Å²) in [7, 11) is 0. The van der Waals surface area contributed by atoms with E-state index in [1.54, 1.807) is 6.20 Å². The summed E-state index contributed by atoms with van der Waals surface area (Å²) in [6.45, 7) is 5.37. The first-order valence-corrected chi connectivity index (χ1v) is 9.38. The topological polar surface area (TPSA) is 64.7 Å². The van der Waals surface area contributed by atoms with Crippen molar-refractivity contribution in [2.24, 2.45) is 0 Å². The normalized spacial score (nSPS) is 11.1. The number of aromatic nitrogens is 4. The number of hydrogen-bond donors (Lipinski definition) is 1. The molecule has 0 fully saturated rings. The summed E-state index contributed by atoms with van der Waals surface area (Å²) >= 11 is 0. The van der Waals surface area contributed by atoms with E-state index in [0.717, 1.165) is 16.5 Å². The molecule has 4 aromatic rings. The molecule has 142 valence electrons. The lowest BCUT2D eigenvalue weighted by molar-refractivity contribution is -0.116. The Bertz CT molecular complexity index is 1120. The highest BCUT2D eigenvalue weighted by Gasteiger charge is 2.09. The van der Waals surface area contributed by atoms with Gasteiger partial charge in [0.05, 0.1) is 36.7 Å². The SMILES string of the molecule is Cc1ccccc1Cn1cc(NC(=O)CCn2ncc3cccc(C)c32)cn1. The zero-order valence-corrected chi connectivity index (χ0v) is 16.1. The fourth-order valence-electron chi connectivity index (χ4n) is 3.41. The molecule has 1 amide bonds. The standard InChI is InChI=1S/C22H23N5O/c1-16-6-3-4-8-19(16)14-26-15-20(13-23-26)25-21(28)10-11-27-22-17(2)7-5-9-18(22)12-24-27/h3-9,12-13,15H,10-11,14H2,1-2H3,(H,25,28). The molecule has 2 aromatic carbocycles. The van der Waals surface area contributed by atoms with Crippen LogP contribution in [0.2, 0.25) is 0 Å². The second kappa shape index (κ2) is 7.68. The van der Waals surface area contributed by atoms with Gasteiger partial charge in [0.25, 0.3) is 0 Å². The summed E-state index contributed by atoms with van der Waals surface area (Å²) < 4.78 is 3.73. The number of nitrogens with zero attached hydrogens (tertiary/aromatic N) is 4. The summed E-state index contributed by atoms with van der Waals surface area (Å²) in [6, 6.07) is 14.3. The predicted molar refractivity (Wildman–Crippen MR) is 110 cm³/mol. The van der Waals surface area contributed by atoms with Crippen molar-refractivity contribution < 1.29 is 4.79 Å². The smallest absolute Gasteiger partial charge is 0.226 e. The molecule has 1 N–H and O–H groups in total. The number of hydrogen-bond acceptors (Lipinski definition) is 3. The molecule has 0 atom stereocenters. The number of carbonyl (C=O) groups excluding carboxylic acids is 1. The Labute approximate surface area is 163 Å². The molecule has 0 aliphatic heterocycles. The molecule has 6 heteroatoms. The highest BCUT2D eigenvalue weighted by molar-refractivity contribution is 5.90. The summed E-state index contributed by atoms with van der Waals surface area (Å²) in [5, 5.41) is 12.8. The zero-order chi connectivity index (χ0) is 19.5. The average Bonchev–Trinajstić information content (AvgIpc) is 3.29. The van der Waals surface area contributed by atoms with Crippen LogP contribution in [0.3, 0.4) is 0 Å². The first-order valence-electron chi connectivity index (χ1n) is 9.38. The van der Waals surface area contributed by atoms with Crippen molar-refractivity contribution in [1.29, 1.82) is 0 Å². The van der Waals surface area contributed by atoms with E-state index in [9.17, 15) is 4.79 Å². The number of carbonyl (C=O) groups is 1. The Balaban J connectivity index is 1.36. The zero-order valence-electron chi connectivity index (χ0n) is 16.1. The van der Waals surface area contributed by atoms with E-state index in [1.807, 2.05) is 46.0 Å². The van der Waals surface area contributed by atoms with Crippen LogP contribution >= 0.6 is 0 Å². The number of nitrogens with one attached hydrogen (secondary N) is 1. The molecule has 0 saturated heterocycles. The largest absolute Gasteiger partial charge is 0.323 e. The monoisotopic (exact) mass is 373 g/mol. The third-order valence-corrected chi connectivity index (χ3v) is 4.92. The van der Waals surface area contributed by atoms with E-state index in [1.165, 1.54) is 11.1 Å². The molecule has 0 aliphatic rings. The van der Waals surface area contributed by atoms with E-state index in [-0.39, 0.29) is 5.91 Å². The van der Waals surface area contributed by atoms with Crippen LogP contribution < -0.4 is 5.32 Å². The lowest BCUT2D eigenvalue weighted by atomic mass is 10.1. The van der Waals surface area contributed by atoms with Gasteiger partial charge < -0.3 is 5.32 Å². The molecule has 0 aliphatic carbocycles. The summed E-state index contributed by atoms with van der Waals surface area (Å²) in [5.41, 5.74) is 5.39. The second-order valence-corrected chi connectivity index (χ2v) is 7.03. The number of anilines is 1. The Morgan fingerprint density at radius 1 is 1.00 bits per heavy atom. The summed E-state index contributed by atoms with van der Waals surface area (Å²) in [4.78, 5) is 12.4. The highest BCUT2D eigenvalue weighted by atomic mass is 16.1. The minimum absolute atomic E-state index is 0.0484. The fraction of sp³-hybridized carbons (Fsp3) is 0.227. The molecule has 2 aromatic heterocycles. The molecular formula is C22H23N5O. The third kappa shape index (κ3) is 3.81. The molecular weight excluding hydrogens is 350 g/mol. The molecule has 28 heavy (non-hydrogen) atoms. The van der Waals surface area contributed by atoms with Crippen LogP contribution in [0.4, 0.5) is 5.69 Å². The van der Waals surface area contributed by atoms with Gasteiger partial charge in [0.15, 0.2) is 0 Å². The Hall–Kier alpha value is -3.41. The molecule has 0 radical (unpaired) electrons. The lowest BCUT2D eigenvalue weighted by Gasteiger charge is -2.06. The van der Waals surface area contributed by atoms with Crippen molar-refractivity contribution in [3.63, 3.8) is 0 Å². The van der Waals surface area contributed by atoms with Crippen molar-refractivity contribution in [3.05, 3.63) is 77.7 Å². The average molecular weight is 373 g/mol. The third-order valence-electron chi connectivity index (χ3n) is 4.92. The Kier molecular flexibility index (Phi) is 4.93. The molecule has 4 rings (SSSR count). The maximum absolute atomic E-state index is 12.4. The van der Waals surface area contributed by atoms with Gasteiger partial charge in [-0.15, -0.1) is 0 Å². The first-order chi connectivity index (χ1) is 13.6. The van der Waals surface area contributed by atoms with Gasteiger partial charge in [-0.3, -0.25) is 14.2 Å². The molecule has 0 saturated carbocycles. The number of benzene rings is 2. The van der Waals surface area contributed by atoms with Gasteiger partial charge in [-0.05, 0) is 30.5 Å². The summed E-state index contributed by atoms with van der Waals surface area (Å²) in [5.74, 6) is -0.0484. The number of fused-ring (bicyclic) bond motifs is 1. The van der Waals surface area contributed by atoms with E-state index in [4.69, 9.17) is 0 Å². The number of rotatable bonds is 6. The summed E-state index contributed by atoms with van der Waals surface area (Å²) in [6.07, 6.45) is 5.74. The minimum atomic E-state index is -0.0484. The van der Waals surface area contributed by atoms with Crippen LogP contribution in [0.5, 0.6) is 0 Å². The van der Waals surface area contributed by atoms with Crippen molar-refractivity contribution in [2.75, 3.05) is 5.32 Å². The van der Waals surface area contributed by atoms with Crippen molar-refractivity contribution in [1.82, 2.24) is 19.6 Å². The van der Waals surface area contributed by atoms with Gasteiger partial charge in [-0.1, -0.05) is 42.5 Å². The number of para-hydroxylation sites is 1.